The van der Waals surface area contributed by atoms with Crippen molar-refractivity contribution in [2.24, 2.45) is 0 Å². The van der Waals surface area contributed by atoms with Crippen LogP contribution in [0.5, 0.6) is 0 Å². The standard InChI is InChI=1S/C29H23ClN2O3S/c1-35-27(23-9-5-8-22(16-23)20-6-3-2-4-7-20)24-18-32(28(31-24)25-14-15-26(30)36-25)17-19-10-12-21(13-11-19)29(33)34/h2-16,18,27H,17H2,1H3,(H,33,34). The van der Waals surface area contributed by atoms with Crippen LogP contribution < -0.4 is 0 Å². The molecule has 3 aromatic carbocycles. The van der Waals surface area contributed by atoms with E-state index in [1.165, 1.54) is 11.3 Å². The summed E-state index contributed by atoms with van der Waals surface area (Å²) >= 11 is 7.70. The number of carboxylic acids is 1. The van der Waals surface area contributed by atoms with E-state index in [-0.39, 0.29) is 11.7 Å². The highest BCUT2D eigenvalue weighted by Gasteiger charge is 2.21. The number of hydrogen-bond acceptors (Lipinski definition) is 4. The van der Waals surface area contributed by atoms with Gasteiger partial charge in [0.05, 0.1) is 20.5 Å². The smallest absolute Gasteiger partial charge is 0.335 e. The number of thiophene rings is 1. The maximum atomic E-state index is 11.2. The van der Waals surface area contributed by atoms with Gasteiger partial charge in [-0.3, -0.25) is 0 Å². The maximum Gasteiger partial charge on any atom is 0.335 e. The van der Waals surface area contributed by atoms with Crippen molar-refractivity contribution in [3.63, 3.8) is 0 Å². The van der Waals surface area contributed by atoms with Crippen LogP contribution in [0, 0.1) is 0 Å². The Labute approximate surface area is 218 Å². The van der Waals surface area contributed by atoms with Crippen LogP contribution in [-0.2, 0) is 11.3 Å². The van der Waals surface area contributed by atoms with Crippen molar-refractivity contribution < 1.29 is 14.6 Å². The van der Waals surface area contributed by atoms with Crippen LogP contribution in [0.4, 0.5) is 0 Å². The Bertz CT molecular complexity index is 1490. The molecular weight excluding hydrogens is 492 g/mol. The molecule has 0 bridgehead atoms. The van der Waals surface area contributed by atoms with Crippen LogP contribution in [0.3, 0.4) is 0 Å². The molecule has 5 nitrogen and oxygen atoms in total. The molecule has 2 heterocycles. The largest absolute Gasteiger partial charge is 0.478 e. The lowest BCUT2D eigenvalue weighted by atomic mass is 9.99. The number of hydrogen-bond donors (Lipinski definition) is 1. The van der Waals surface area contributed by atoms with E-state index in [1.807, 2.05) is 60.8 Å². The molecule has 0 saturated heterocycles. The van der Waals surface area contributed by atoms with Gasteiger partial charge in [0.15, 0.2) is 5.82 Å². The third kappa shape index (κ3) is 5.11. The molecule has 36 heavy (non-hydrogen) atoms. The van der Waals surface area contributed by atoms with Crippen molar-refractivity contribution in [3.8, 4) is 21.8 Å². The molecule has 0 spiro atoms. The monoisotopic (exact) mass is 514 g/mol. The summed E-state index contributed by atoms with van der Waals surface area (Å²) in [6, 6.07) is 29.2. The molecule has 2 aromatic heterocycles. The molecule has 5 rings (SSSR count). The van der Waals surface area contributed by atoms with E-state index in [0.717, 1.165) is 38.6 Å². The number of halogens is 1. The molecule has 0 radical (unpaired) electrons. The predicted octanol–water partition coefficient (Wildman–Crippen LogP) is 7.41. The number of nitrogens with zero attached hydrogens (tertiary/aromatic N) is 2. The Hall–Kier alpha value is -3.71. The number of aromatic carboxylic acids is 1. The topological polar surface area (TPSA) is 64.3 Å². The van der Waals surface area contributed by atoms with Gasteiger partial charge in [-0.25, -0.2) is 9.78 Å². The first-order valence-corrected chi connectivity index (χ1v) is 12.5. The molecule has 0 amide bonds. The zero-order chi connectivity index (χ0) is 25.1. The molecule has 0 saturated carbocycles. The molecule has 0 fully saturated rings. The zero-order valence-corrected chi connectivity index (χ0v) is 21.0. The Morgan fingerprint density at radius 2 is 1.75 bits per heavy atom. The molecule has 0 aliphatic rings. The fraction of sp³-hybridized carbons (Fsp3) is 0.103. The SMILES string of the molecule is COC(c1cccc(-c2ccccc2)c1)c1cn(Cc2ccc(C(=O)O)cc2)c(-c2ccc(Cl)s2)n1. The fourth-order valence-electron chi connectivity index (χ4n) is 4.20. The molecule has 0 aliphatic carbocycles. The van der Waals surface area contributed by atoms with E-state index in [4.69, 9.17) is 21.3 Å². The summed E-state index contributed by atoms with van der Waals surface area (Å²) in [5, 5.41) is 9.21. The number of ether oxygens (including phenoxy) is 1. The molecular formula is C29H23ClN2O3S. The number of methoxy groups -OCH3 is 1. The van der Waals surface area contributed by atoms with Crippen molar-refractivity contribution in [2.75, 3.05) is 7.11 Å². The highest BCUT2D eigenvalue weighted by molar-refractivity contribution is 7.19. The first-order valence-electron chi connectivity index (χ1n) is 11.3. The van der Waals surface area contributed by atoms with Gasteiger partial charge in [0, 0.05) is 19.9 Å². The Balaban J connectivity index is 1.53. The van der Waals surface area contributed by atoms with E-state index in [2.05, 4.69) is 28.8 Å². The van der Waals surface area contributed by atoms with Gasteiger partial charge in [-0.15, -0.1) is 11.3 Å². The van der Waals surface area contributed by atoms with Gasteiger partial charge in [-0.2, -0.15) is 0 Å². The third-order valence-corrected chi connectivity index (χ3v) is 7.17. The van der Waals surface area contributed by atoms with Crippen LogP contribution in [0.2, 0.25) is 4.34 Å². The zero-order valence-electron chi connectivity index (χ0n) is 19.5. The predicted molar refractivity (Wildman–Crippen MR) is 144 cm³/mol. The first kappa shape index (κ1) is 24.0. The minimum Gasteiger partial charge on any atom is -0.478 e. The van der Waals surface area contributed by atoms with Crippen molar-refractivity contribution in [3.05, 3.63) is 124 Å². The lowest BCUT2D eigenvalue weighted by molar-refractivity contribution is 0.0697. The molecule has 180 valence electrons. The van der Waals surface area contributed by atoms with Crippen LogP contribution in [0.15, 0.2) is 97.2 Å². The molecule has 0 aliphatic heterocycles. The number of rotatable bonds is 8. The van der Waals surface area contributed by atoms with Crippen LogP contribution in [0.25, 0.3) is 21.8 Å². The molecule has 7 heteroatoms. The Morgan fingerprint density at radius 3 is 2.42 bits per heavy atom. The van der Waals surface area contributed by atoms with Crippen molar-refractivity contribution >= 4 is 28.9 Å². The van der Waals surface area contributed by atoms with Gasteiger partial charge >= 0.3 is 5.97 Å². The summed E-state index contributed by atoms with van der Waals surface area (Å²) in [6.07, 6.45) is 1.63. The van der Waals surface area contributed by atoms with Crippen molar-refractivity contribution in [1.29, 1.82) is 0 Å². The fourth-order valence-corrected chi connectivity index (χ4v) is 5.25. The van der Waals surface area contributed by atoms with E-state index >= 15 is 0 Å². The first-order chi connectivity index (χ1) is 17.5. The quantitative estimate of drug-likeness (QED) is 0.234. The van der Waals surface area contributed by atoms with Gasteiger partial charge < -0.3 is 14.4 Å². The number of imidazole rings is 1. The van der Waals surface area contributed by atoms with Crippen LogP contribution >= 0.6 is 22.9 Å². The summed E-state index contributed by atoms with van der Waals surface area (Å²) in [7, 11) is 1.69. The minimum absolute atomic E-state index is 0.257. The number of carboxylic acid groups (broad SMARTS) is 1. The highest BCUT2D eigenvalue weighted by atomic mass is 35.5. The van der Waals surface area contributed by atoms with E-state index in [9.17, 15) is 9.90 Å². The van der Waals surface area contributed by atoms with E-state index < -0.39 is 5.97 Å². The average molecular weight is 515 g/mol. The second-order valence-corrected chi connectivity index (χ2v) is 10.0. The van der Waals surface area contributed by atoms with Crippen LogP contribution in [0.1, 0.15) is 33.3 Å². The van der Waals surface area contributed by atoms with Crippen molar-refractivity contribution in [2.45, 2.75) is 12.6 Å². The summed E-state index contributed by atoms with van der Waals surface area (Å²) in [6.45, 7) is 0.526. The molecule has 1 unspecified atom stereocenters. The minimum atomic E-state index is -0.943. The normalized spacial score (nSPS) is 11.9. The second-order valence-electron chi connectivity index (χ2n) is 8.33. The second kappa shape index (κ2) is 10.5. The third-order valence-electron chi connectivity index (χ3n) is 5.94. The summed E-state index contributed by atoms with van der Waals surface area (Å²) < 4.78 is 8.69. The molecule has 1 atom stereocenters. The maximum absolute atomic E-state index is 11.2. The van der Waals surface area contributed by atoms with E-state index in [1.54, 1.807) is 19.2 Å². The summed E-state index contributed by atoms with van der Waals surface area (Å²) in [5.41, 5.74) is 5.26. The Kier molecular flexibility index (Phi) is 7.00. The summed E-state index contributed by atoms with van der Waals surface area (Å²) in [5.74, 6) is -0.161. The van der Waals surface area contributed by atoms with Gasteiger partial charge in [0.1, 0.15) is 6.10 Å². The van der Waals surface area contributed by atoms with E-state index in [0.29, 0.717) is 10.9 Å². The molecule has 5 aromatic rings. The summed E-state index contributed by atoms with van der Waals surface area (Å²) in [4.78, 5) is 17.2. The number of aromatic nitrogens is 2. The lowest BCUT2D eigenvalue weighted by Crippen LogP contribution is -2.04. The Morgan fingerprint density at radius 1 is 1.00 bits per heavy atom. The van der Waals surface area contributed by atoms with Gasteiger partial charge in [-0.05, 0) is 52.6 Å². The number of carbonyl (C=O) groups is 1. The average Bonchev–Trinajstić information content (AvgIpc) is 3.51. The highest BCUT2D eigenvalue weighted by Crippen LogP contribution is 2.34. The number of benzene rings is 3. The van der Waals surface area contributed by atoms with Crippen LogP contribution in [-0.4, -0.2) is 27.7 Å². The van der Waals surface area contributed by atoms with Gasteiger partial charge in [0.2, 0.25) is 0 Å². The van der Waals surface area contributed by atoms with Crippen molar-refractivity contribution in [1.82, 2.24) is 9.55 Å². The van der Waals surface area contributed by atoms with Gasteiger partial charge in [-0.1, -0.05) is 72.3 Å². The van der Waals surface area contributed by atoms with Gasteiger partial charge in [0.25, 0.3) is 0 Å². The molecule has 1 N–H and O–H groups in total. The lowest BCUT2D eigenvalue weighted by Gasteiger charge is -2.15.